The highest BCUT2D eigenvalue weighted by molar-refractivity contribution is 6.20. The van der Waals surface area contributed by atoms with Gasteiger partial charge in [-0.1, -0.05) is 12.1 Å². The van der Waals surface area contributed by atoms with Gasteiger partial charge >= 0.3 is 5.88 Å². The van der Waals surface area contributed by atoms with E-state index in [0.717, 1.165) is 12.1 Å². The third-order valence-corrected chi connectivity index (χ3v) is 2.90. The molecule has 0 aliphatic rings. The summed E-state index contributed by atoms with van der Waals surface area (Å²) in [6.45, 7) is 0. The highest BCUT2D eigenvalue weighted by Gasteiger charge is 2.20. The van der Waals surface area contributed by atoms with Crippen LogP contribution in [0.15, 0.2) is 34.7 Å². The predicted octanol–water partition coefficient (Wildman–Crippen LogP) is 3.99. The Hall–Kier alpha value is -1.95. The molecular weight excluding hydrogens is 280 g/mol. The number of alkyl halides is 1. The minimum Gasteiger partial charge on any atom is -0.404 e. The fraction of sp³-hybridized carbons (Fsp3) is 0.167. The number of halogens is 3. The Morgan fingerprint density at radius 2 is 2.05 bits per heavy atom. The van der Waals surface area contributed by atoms with Crippen LogP contribution in [0.5, 0.6) is 0 Å². The van der Waals surface area contributed by atoms with E-state index in [-0.39, 0.29) is 17.7 Å². The van der Waals surface area contributed by atoms with Gasteiger partial charge in [0.25, 0.3) is 0 Å². The van der Waals surface area contributed by atoms with Crippen LogP contribution in [0.2, 0.25) is 0 Å². The first-order valence-corrected chi connectivity index (χ1v) is 5.73. The van der Waals surface area contributed by atoms with Crippen molar-refractivity contribution in [2.24, 2.45) is 0 Å². The molecule has 0 spiro atoms. The van der Waals surface area contributed by atoms with Crippen molar-refractivity contribution >= 4 is 17.5 Å². The number of hydrogen-bond donors (Lipinski definition) is 0. The molecule has 0 saturated carbocycles. The molecule has 19 heavy (non-hydrogen) atoms. The lowest BCUT2D eigenvalue weighted by Gasteiger charge is -2.07. The van der Waals surface area contributed by atoms with Gasteiger partial charge in [0.1, 0.15) is 10.7 Å². The maximum Gasteiger partial charge on any atom is 0.433 e. The van der Waals surface area contributed by atoms with Crippen LogP contribution in [0, 0.1) is 21.7 Å². The smallest absolute Gasteiger partial charge is 0.404 e. The quantitative estimate of drug-likeness (QED) is 0.485. The fourth-order valence-electron chi connectivity index (χ4n) is 1.61. The summed E-state index contributed by atoms with van der Waals surface area (Å²) < 4.78 is 31.4. The fourth-order valence-corrected chi connectivity index (χ4v) is 1.89. The first-order chi connectivity index (χ1) is 8.99. The molecule has 0 fully saturated rings. The molecule has 2 rings (SSSR count). The van der Waals surface area contributed by atoms with Gasteiger partial charge in [0, 0.05) is 0 Å². The first-order valence-electron chi connectivity index (χ1n) is 5.30. The van der Waals surface area contributed by atoms with Crippen LogP contribution in [0.3, 0.4) is 0 Å². The van der Waals surface area contributed by atoms with Crippen molar-refractivity contribution in [3.8, 4) is 0 Å². The van der Waals surface area contributed by atoms with Crippen LogP contribution in [0.25, 0.3) is 0 Å². The number of furan rings is 1. The van der Waals surface area contributed by atoms with Crippen LogP contribution < -0.4 is 0 Å². The van der Waals surface area contributed by atoms with E-state index in [1.807, 2.05) is 0 Å². The summed E-state index contributed by atoms with van der Waals surface area (Å²) in [7, 11) is 0. The average molecular weight is 288 g/mol. The normalized spacial score (nSPS) is 12.4. The third-order valence-electron chi connectivity index (χ3n) is 2.53. The van der Waals surface area contributed by atoms with Gasteiger partial charge in [0.05, 0.1) is 11.4 Å². The molecule has 7 heteroatoms. The maximum atomic E-state index is 13.4. The molecule has 1 aromatic carbocycles. The first kappa shape index (κ1) is 13.5. The second-order valence-corrected chi connectivity index (χ2v) is 4.34. The van der Waals surface area contributed by atoms with Gasteiger partial charge in [-0.2, -0.15) is 0 Å². The largest absolute Gasteiger partial charge is 0.433 e. The van der Waals surface area contributed by atoms with Crippen LogP contribution in [0.1, 0.15) is 16.7 Å². The molecule has 1 heterocycles. The monoisotopic (exact) mass is 287 g/mol. The Morgan fingerprint density at radius 1 is 1.32 bits per heavy atom. The Kier molecular flexibility index (Phi) is 3.80. The van der Waals surface area contributed by atoms with E-state index in [9.17, 15) is 18.9 Å². The lowest BCUT2D eigenvalue weighted by Crippen LogP contribution is -1.99. The summed E-state index contributed by atoms with van der Waals surface area (Å²) >= 11 is 5.98. The summed E-state index contributed by atoms with van der Waals surface area (Å²) in [5.41, 5.74) is 0.0825. The molecule has 100 valence electrons. The molecule has 0 bridgehead atoms. The third kappa shape index (κ3) is 2.90. The van der Waals surface area contributed by atoms with Gasteiger partial charge in [0.15, 0.2) is 11.6 Å². The highest BCUT2D eigenvalue weighted by atomic mass is 35.5. The molecular formula is C12H8ClF2NO3. The van der Waals surface area contributed by atoms with E-state index in [0.29, 0.717) is 0 Å². The lowest BCUT2D eigenvalue weighted by molar-refractivity contribution is -0.402. The van der Waals surface area contributed by atoms with Gasteiger partial charge in [-0.25, -0.2) is 8.78 Å². The maximum absolute atomic E-state index is 13.4. The zero-order chi connectivity index (χ0) is 14.0. The van der Waals surface area contributed by atoms with Crippen LogP contribution >= 0.6 is 11.6 Å². The number of hydrogen-bond acceptors (Lipinski definition) is 3. The summed E-state index contributed by atoms with van der Waals surface area (Å²) in [4.78, 5) is 9.75. The second kappa shape index (κ2) is 5.36. The van der Waals surface area contributed by atoms with Gasteiger partial charge in [-0.05, 0) is 24.1 Å². The van der Waals surface area contributed by atoms with Crippen molar-refractivity contribution in [3.05, 3.63) is 63.4 Å². The van der Waals surface area contributed by atoms with E-state index in [4.69, 9.17) is 16.0 Å². The molecule has 2 aromatic rings. The lowest BCUT2D eigenvalue weighted by atomic mass is 10.1. The van der Waals surface area contributed by atoms with Crippen LogP contribution in [-0.4, -0.2) is 4.92 Å². The van der Waals surface area contributed by atoms with E-state index >= 15 is 0 Å². The number of nitrogens with zero attached hydrogens (tertiary/aromatic N) is 1. The SMILES string of the molecule is O=[N+]([O-])c1ccc(C(Cl)Cc2cccc(F)c2F)o1. The van der Waals surface area contributed by atoms with E-state index in [1.54, 1.807) is 0 Å². The Morgan fingerprint density at radius 3 is 2.68 bits per heavy atom. The van der Waals surface area contributed by atoms with E-state index in [2.05, 4.69) is 0 Å². The summed E-state index contributed by atoms with van der Waals surface area (Å²) in [6.07, 6.45) is -0.0319. The van der Waals surface area contributed by atoms with Crippen molar-refractivity contribution < 1.29 is 18.1 Å². The molecule has 0 N–H and O–H groups in total. The number of rotatable bonds is 4. The highest BCUT2D eigenvalue weighted by Crippen LogP contribution is 2.30. The van der Waals surface area contributed by atoms with Gasteiger partial charge in [-0.3, -0.25) is 10.1 Å². The Bertz CT molecular complexity index is 615. The zero-order valence-electron chi connectivity index (χ0n) is 9.48. The zero-order valence-corrected chi connectivity index (χ0v) is 10.2. The van der Waals surface area contributed by atoms with Crippen molar-refractivity contribution in [3.63, 3.8) is 0 Å². The summed E-state index contributed by atoms with van der Waals surface area (Å²) in [5.74, 6) is -2.25. The van der Waals surface area contributed by atoms with E-state index in [1.165, 1.54) is 18.2 Å². The topological polar surface area (TPSA) is 56.3 Å². The van der Waals surface area contributed by atoms with E-state index < -0.39 is 27.8 Å². The van der Waals surface area contributed by atoms with Gasteiger partial charge in [-0.15, -0.1) is 11.6 Å². The Labute approximate surface area is 111 Å². The van der Waals surface area contributed by atoms with Crippen molar-refractivity contribution in [1.82, 2.24) is 0 Å². The molecule has 0 radical (unpaired) electrons. The van der Waals surface area contributed by atoms with Crippen molar-refractivity contribution in [1.29, 1.82) is 0 Å². The second-order valence-electron chi connectivity index (χ2n) is 3.82. The minimum atomic E-state index is -0.978. The van der Waals surface area contributed by atoms with Gasteiger partial charge in [0.2, 0.25) is 0 Å². The predicted molar refractivity (Wildman–Crippen MR) is 64.0 cm³/mol. The molecule has 4 nitrogen and oxygen atoms in total. The molecule has 1 unspecified atom stereocenters. The molecule has 0 amide bonds. The molecule has 0 aliphatic carbocycles. The standard InChI is InChI=1S/C12H8ClF2NO3/c13-8(10-4-5-11(19-10)16(17)18)6-7-2-1-3-9(14)12(7)15/h1-5,8H,6H2. The van der Waals surface area contributed by atoms with Crippen LogP contribution in [0.4, 0.5) is 14.7 Å². The van der Waals surface area contributed by atoms with Crippen LogP contribution in [-0.2, 0) is 6.42 Å². The van der Waals surface area contributed by atoms with Crippen molar-refractivity contribution in [2.45, 2.75) is 11.8 Å². The Balaban J connectivity index is 2.18. The minimum absolute atomic E-state index is 0.0319. The summed E-state index contributed by atoms with van der Waals surface area (Å²) in [6, 6.07) is 6.26. The molecule has 1 aromatic heterocycles. The van der Waals surface area contributed by atoms with Crippen molar-refractivity contribution in [2.75, 3.05) is 0 Å². The number of nitro groups is 1. The van der Waals surface area contributed by atoms with Gasteiger partial charge < -0.3 is 4.42 Å². The average Bonchev–Trinajstić information content (AvgIpc) is 2.84. The number of benzene rings is 1. The summed E-state index contributed by atoms with van der Waals surface area (Å²) in [5, 5.41) is 9.64. The molecule has 0 saturated heterocycles. The molecule has 1 atom stereocenters. The molecule has 0 aliphatic heterocycles.